The molecule has 0 aliphatic heterocycles. The molecule has 2 aromatic heterocycles. The Morgan fingerprint density at radius 3 is 2.19 bits per heavy atom. The maximum atomic E-state index is 15.3. The summed E-state index contributed by atoms with van der Waals surface area (Å²) in [7, 11) is 2.64. The maximum Gasteiger partial charge on any atom is 0.387 e. The second-order valence-corrected chi connectivity index (χ2v) is 8.93. The zero-order valence-electron chi connectivity index (χ0n) is 22.1. The molecule has 5 aromatic rings. The summed E-state index contributed by atoms with van der Waals surface area (Å²) in [4.78, 5) is 31.6. The number of amides is 1. The number of pyridine rings is 1. The van der Waals surface area contributed by atoms with Gasteiger partial charge >= 0.3 is 6.61 Å². The summed E-state index contributed by atoms with van der Waals surface area (Å²) in [5.74, 6) is -3.09. The molecule has 0 atom stereocenters. The number of nitrogens with one attached hydrogen (secondary N) is 1. The van der Waals surface area contributed by atoms with Gasteiger partial charge in [0, 0.05) is 30.3 Å². The predicted octanol–water partition coefficient (Wildman–Crippen LogP) is 6.05. The minimum atomic E-state index is -3.06. The summed E-state index contributed by atoms with van der Waals surface area (Å²) in [5, 5.41) is 2.44. The Morgan fingerprint density at radius 1 is 0.905 bits per heavy atom. The van der Waals surface area contributed by atoms with Crippen LogP contribution in [0.1, 0.15) is 10.4 Å². The van der Waals surface area contributed by atoms with Gasteiger partial charge in [0.2, 0.25) is 0 Å². The lowest BCUT2D eigenvalue weighted by atomic mass is 10.1. The number of carbonyl (C=O) groups is 1. The van der Waals surface area contributed by atoms with Crippen LogP contribution in [0.5, 0.6) is 11.5 Å². The number of ether oxygens (including phenoxy) is 2. The van der Waals surface area contributed by atoms with Gasteiger partial charge in [-0.05, 0) is 36.4 Å². The van der Waals surface area contributed by atoms with Crippen molar-refractivity contribution < 1.29 is 31.8 Å². The highest BCUT2D eigenvalue weighted by molar-refractivity contribution is 6.06. The Labute approximate surface area is 236 Å². The molecule has 12 heteroatoms. The van der Waals surface area contributed by atoms with Gasteiger partial charge < -0.3 is 14.8 Å². The number of hydrogen-bond acceptors (Lipinski definition) is 5. The van der Waals surface area contributed by atoms with Crippen LogP contribution in [0.2, 0.25) is 0 Å². The van der Waals surface area contributed by atoms with Gasteiger partial charge in [0.05, 0.1) is 18.4 Å². The first-order valence-corrected chi connectivity index (χ1v) is 12.4. The molecule has 0 aliphatic rings. The molecular formula is C30H22F4N4O4. The fraction of sp³-hybridized carbons (Fsp3) is 0.100. The van der Waals surface area contributed by atoms with Crippen molar-refractivity contribution >= 4 is 11.6 Å². The fourth-order valence-corrected chi connectivity index (χ4v) is 4.44. The molecule has 2 heterocycles. The summed E-state index contributed by atoms with van der Waals surface area (Å²) >= 11 is 0. The summed E-state index contributed by atoms with van der Waals surface area (Å²) in [6.45, 7) is -3.06. The van der Waals surface area contributed by atoms with E-state index >= 15 is 8.78 Å². The van der Waals surface area contributed by atoms with Crippen LogP contribution in [-0.2, 0) is 7.05 Å². The topological polar surface area (TPSA) is 87.4 Å². The molecule has 0 spiro atoms. The highest BCUT2D eigenvalue weighted by Gasteiger charge is 2.28. The van der Waals surface area contributed by atoms with Crippen molar-refractivity contribution in [3.63, 3.8) is 0 Å². The number of anilines is 1. The van der Waals surface area contributed by atoms with Crippen molar-refractivity contribution in [2.75, 3.05) is 12.4 Å². The van der Waals surface area contributed by atoms with Crippen molar-refractivity contribution in [2.24, 2.45) is 7.05 Å². The molecule has 0 radical (unpaired) electrons. The fourth-order valence-electron chi connectivity index (χ4n) is 4.44. The smallest absolute Gasteiger partial charge is 0.387 e. The molecule has 0 saturated carbocycles. The number of methoxy groups -OCH3 is 1. The van der Waals surface area contributed by atoms with Gasteiger partial charge in [-0.2, -0.15) is 13.5 Å². The number of halogens is 4. The monoisotopic (exact) mass is 578 g/mol. The van der Waals surface area contributed by atoms with Crippen LogP contribution in [-0.4, -0.2) is 34.0 Å². The molecule has 1 amide bonds. The average molecular weight is 579 g/mol. The van der Waals surface area contributed by atoms with Crippen LogP contribution in [0.3, 0.4) is 0 Å². The summed E-state index contributed by atoms with van der Waals surface area (Å²) in [5.41, 5.74) is -0.878. The molecule has 8 nitrogen and oxygen atoms in total. The van der Waals surface area contributed by atoms with Crippen molar-refractivity contribution in [1.82, 2.24) is 14.3 Å². The van der Waals surface area contributed by atoms with E-state index in [0.717, 1.165) is 34.5 Å². The van der Waals surface area contributed by atoms with E-state index in [1.807, 2.05) is 30.3 Å². The Bertz CT molecular complexity index is 1800. The highest BCUT2D eigenvalue weighted by atomic mass is 19.3. The highest BCUT2D eigenvalue weighted by Crippen LogP contribution is 2.34. The van der Waals surface area contributed by atoms with Crippen molar-refractivity contribution in [3.8, 4) is 39.8 Å². The number of benzene rings is 3. The van der Waals surface area contributed by atoms with E-state index in [-0.39, 0.29) is 28.6 Å². The standard InChI is InChI=1S/C30H22F4N4O4/c1-37-27(25-21(31)15-20(41-2)16-22(25)32)26(36-28(39)18-11-13-19(14-12-18)42-30(33)34)29(40)38(37)24-10-6-9-23(35-24)17-7-4-3-5-8-17/h3-16,30H,1-2H3,(H,36,39). The third kappa shape index (κ3) is 5.46. The van der Waals surface area contributed by atoms with Gasteiger partial charge in [-0.25, -0.2) is 13.8 Å². The van der Waals surface area contributed by atoms with Crippen LogP contribution in [0, 0.1) is 11.6 Å². The third-order valence-corrected chi connectivity index (χ3v) is 6.36. The van der Waals surface area contributed by atoms with E-state index in [4.69, 9.17) is 4.74 Å². The van der Waals surface area contributed by atoms with Crippen LogP contribution in [0.15, 0.2) is 89.7 Å². The quantitative estimate of drug-likeness (QED) is 0.227. The lowest BCUT2D eigenvalue weighted by Crippen LogP contribution is -2.23. The van der Waals surface area contributed by atoms with E-state index in [9.17, 15) is 18.4 Å². The molecule has 0 unspecified atom stereocenters. The van der Waals surface area contributed by atoms with Crippen molar-refractivity contribution in [3.05, 3.63) is 112 Å². The number of alkyl halides is 2. The second-order valence-electron chi connectivity index (χ2n) is 8.93. The number of aromatic nitrogens is 3. The largest absolute Gasteiger partial charge is 0.497 e. The van der Waals surface area contributed by atoms with Gasteiger partial charge in [-0.1, -0.05) is 36.4 Å². The lowest BCUT2D eigenvalue weighted by Gasteiger charge is -2.13. The Hall–Kier alpha value is -5.39. The third-order valence-electron chi connectivity index (χ3n) is 6.36. The maximum absolute atomic E-state index is 15.3. The minimum Gasteiger partial charge on any atom is -0.497 e. The molecule has 3 aromatic carbocycles. The second kappa shape index (κ2) is 11.6. The molecule has 1 N–H and O–H groups in total. The Balaban J connectivity index is 1.66. The molecule has 214 valence electrons. The van der Waals surface area contributed by atoms with Gasteiger partial charge in [0.1, 0.15) is 34.5 Å². The van der Waals surface area contributed by atoms with E-state index in [1.54, 1.807) is 12.1 Å². The molecule has 0 fully saturated rings. The zero-order chi connectivity index (χ0) is 30.0. The summed E-state index contributed by atoms with van der Waals surface area (Å²) in [6.07, 6.45) is 0. The first-order chi connectivity index (χ1) is 20.2. The van der Waals surface area contributed by atoms with Gasteiger partial charge in [-0.15, -0.1) is 0 Å². The Morgan fingerprint density at radius 2 is 1.57 bits per heavy atom. The number of hydrogen-bond donors (Lipinski definition) is 1. The number of carbonyl (C=O) groups excluding carboxylic acids is 1. The van der Waals surface area contributed by atoms with Gasteiger partial charge in [-0.3, -0.25) is 14.3 Å². The number of nitrogens with zero attached hydrogens (tertiary/aromatic N) is 3. The molecule has 0 aliphatic carbocycles. The van der Waals surface area contributed by atoms with Crippen LogP contribution in [0.4, 0.5) is 23.2 Å². The Kier molecular flexibility index (Phi) is 7.78. The minimum absolute atomic E-state index is 0.0303. The van der Waals surface area contributed by atoms with E-state index in [0.29, 0.717) is 5.69 Å². The van der Waals surface area contributed by atoms with Crippen molar-refractivity contribution in [2.45, 2.75) is 6.61 Å². The molecule has 42 heavy (non-hydrogen) atoms. The lowest BCUT2D eigenvalue weighted by molar-refractivity contribution is -0.0498. The molecule has 0 saturated heterocycles. The SMILES string of the molecule is COc1cc(F)c(-c2c(NC(=O)c3ccc(OC(F)F)cc3)c(=O)n(-c3cccc(-c4ccccc4)n3)n2C)c(F)c1. The van der Waals surface area contributed by atoms with E-state index < -0.39 is 41.0 Å². The predicted molar refractivity (Wildman–Crippen MR) is 147 cm³/mol. The van der Waals surface area contributed by atoms with E-state index in [2.05, 4.69) is 15.0 Å². The van der Waals surface area contributed by atoms with Gasteiger partial charge in [0.25, 0.3) is 11.5 Å². The molecular weight excluding hydrogens is 556 g/mol. The van der Waals surface area contributed by atoms with Crippen LogP contribution >= 0.6 is 0 Å². The molecule has 5 rings (SSSR count). The first-order valence-electron chi connectivity index (χ1n) is 12.4. The summed E-state index contributed by atoms with van der Waals surface area (Å²) in [6, 6.07) is 20.7. The average Bonchev–Trinajstić information content (AvgIpc) is 3.21. The van der Waals surface area contributed by atoms with E-state index in [1.165, 1.54) is 37.0 Å². The van der Waals surface area contributed by atoms with Crippen molar-refractivity contribution in [1.29, 1.82) is 0 Å². The molecule has 0 bridgehead atoms. The van der Waals surface area contributed by atoms with Crippen LogP contribution in [0.25, 0.3) is 28.3 Å². The zero-order valence-corrected chi connectivity index (χ0v) is 22.1. The van der Waals surface area contributed by atoms with Crippen LogP contribution < -0.4 is 20.3 Å². The van der Waals surface area contributed by atoms with Gasteiger partial charge in [0.15, 0.2) is 5.82 Å². The number of rotatable bonds is 8. The first kappa shape index (κ1) is 28.1. The normalized spacial score (nSPS) is 11.0. The summed E-state index contributed by atoms with van der Waals surface area (Å²) < 4.78 is 67.2.